The molecule has 0 N–H and O–H groups in total. The first kappa shape index (κ1) is 10.4. The molecule has 0 spiro atoms. The van der Waals surface area contributed by atoms with E-state index in [1.165, 1.54) is 10.6 Å². The Bertz CT molecular complexity index is 680. The van der Waals surface area contributed by atoms with E-state index < -0.39 is 0 Å². The van der Waals surface area contributed by atoms with Crippen molar-refractivity contribution in [1.29, 1.82) is 0 Å². The van der Waals surface area contributed by atoms with Crippen LogP contribution in [0.3, 0.4) is 0 Å². The lowest BCUT2D eigenvalue weighted by molar-refractivity contribution is 0.943. The SMILES string of the molecule is Clc1cc(Cl)n2nc(-c3cccnc3)nc2n1. The molecule has 0 radical (unpaired) electrons. The molecule has 0 aliphatic rings. The van der Waals surface area contributed by atoms with E-state index in [2.05, 4.69) is 20.1 Å². The van der Waals surface area contributed by atoms with E-state index in [1.54, 1.807) is 12.4 Å². The largest absolute Gasteiger partial charge is 0.264 e. The van der Waals surface area contributed by atoms with Gasteiger partial charge in [0.1, 0.15) is 10.3 Å². The van der Waals surface area contributed by atoms with Crippen LogP contribution in [-0.4, -0.2) is 24.6 Å². The summed E-state index contributed by atoms with van der Waals surface area (Å²) in [6.45, 7) is 0. The minimum absolute atomic E-state index is 0.285. The Morgan fingerprint density at radius 1 is 1.18 bits per heavy atom. The van der Waals surface area contributed by atoms with Crippen LogP contribution in [-0.2, 0) is 0 Å². The molecule has 17 heavy (non-hydrogen) atoms. The van der Waals surface area contributed by atoms with E-state index in [-0.39, 0.29) is 5.15 Å². The topological polar surface area (TPSA) is 56.0 Å². The lowest BCUT2D eigenvalue weighted by Crippen LogP contribution is -1.92. The first-order valence-corrected chi connectivity index (χ1v) is 5.49. The van der Waals surface area contributed by atoms with Gasteiger partial charge in [-0.25, -0.2) is 0 Å². The fourth-order valence-electron chi connectivity index (χ4n) is 1.42. The molecule has 7 heteroatoms. The molecule has 0 saturated carbocycles. The number of hydrogen-bond donors (Lipinski definition) is 0. The third-order valence-electron chi connectivity index (χ3n) is 2.16. The van der Waals surface area contributed by atoms with Gasteiger partial charge in [0.25, 0.3) is 5.78 Å². The van der Waals surface area contributed by atoms with Crippen molar-refractivity contribution < 1.29 is 0 Å². The minimum atomic E-state index is 0.285. The molecule has 3 aromatic rings. The van der Waals surface area contributed by atoms with Crippen LogP contribution in [0.25, 0.3) is 17.2 Å². The Morgan fingerprint density at radius 2 is 2.06 bits per heavy atom. The van der Waals surface area contributed by atoms with Crippen LogP contribution < -0.4 is 0 Å². The zero-order chi connectivity index (χ0) is 11.8. The summed E-state index contributed by atoms with van der Waals surface area (Å²) in [5, 5.41) is 4.88. The van der Waals surface area contributed by atoms with Crippen LogP contribution in [0.2, 0.25) is 10.3 Å². The lowest BCUT2D eigenvalue weighted by Gasteiger charge is -1.94. The molecule has 0 unspecified atom stereocenters. The molecule has 3 rings (SSSR count). The number of aromatic nitrogens is 5. The second-order valence-electron chi connectivity index (χ2n) is 3.29. The van der Waals surface area contributed by atoms with Crippen LogP contribution in [0.15, 0.2) is 30.6 Å². The summed E-state index contributed by atoms with van der Waals surface area (Å²) in [6, 6.07) is 5.18. The van der Waals surface area contributed by atoms with Gasteiger partial charge >= 0.3 is 0 Å². The molecule has 0 bridgehead atoms. The van der Waals surface area contributed by atoms with E-state index in [4.69, 9.17) is 23.2 Å². The number of fused-ring (bicyclic) bond motifs is 1. The van der Waals surface area contributed by atoms with Crippen LogP contribution in [0.5, 0.6) is 0 Å². The minimum Gasteiger partial charge on any atom is -0.264 e. The number of halogens is 2. The van der Waals surface area contributed by atoms with Crippen LogP contribution in [0.1, 0.15) is 0 Å². The number of rotatable bonds is 1. The van der Waals surface area contributed by atoms with Crippen molar-refractivity contribution >= 4 is 29.0 Å². The summed E-state index contributed by atoms with van der Waals surface area (Å²) in [6.07, 6.45) is 3.35. The second kappa shape index (κ2) is 3.94. The van der Waals surface area contributed by atoms with E-state index in [9.17, 15) is 0 Å². The molecule has 3 aromatic heterocycles. The molecule has 0 aliphatic heterocycles. The maximum Gasteiger partial charge on any atom is 0.255 e. The Balaban J connectivity index is 2.24. The van der Waals surface area contributed by atoms with Crippen molar-refractivity contribution in [2.45, 2.75) is 0 Å². The molecule has 0 amide bonds. The molecule has 84 valence electrons. The van der Waals surface area contributed by atoms with Gasteiger partial charge in [-0.2, -0.15) is 14.5 Å². The van der Waals surface area contributed by atoms with Gasteiger partial charge < -0.3 is 0 Å². The fourth-order valence-corrected chi connectivity index (χ4v) is 1.88. The third-order valence-corrected chi connectivity index (χ3v) is 2.62. The monoisotopic (exact) mass is 265 g/mol. The van der Waals surface area contributed by atoms with Gasteiger partial charge in [-0.15, -0.1) is 5.10 Å². The highest BCUT2D eigenvalue weighted by Gasteiger charge is 2.10. The number of pyridine rings is 1. The summed E-state index contributed by atoms with van der Waals surface area (Å²) >= 11 is 11.8. The fraction of sp³-hybridized carbons (Fsp3) is 0. The summed E-state index contributed by atoms with van der Waals surface area (Å²) in [5.41, 5.74) is 0.796. The van der Waals surface area contributed by atoms with Gasteiger partial charge in [0.2, 0.25) is 0 Å². The van der Waals surface area contributed by atoms with Gasteiger partial charge in [0.05, 0.1) is 0 Å². The Labute approximate surface area is 106 Å². The quantitative estimate of drug-likeness (QED) is 0.635. The maximum absolute atomic E-state index is 5.98. The summed E-state index contributed by atoms with van der Waals surface area (Å²) in [4.78, 5) is 12.3. The van der Waals surface area contributed by atoms with Crippen molar-refractivity contribution in [2.75, 3.05) is 0 Å². The highest BCUT2D eigenvalue weighted by molar-refractivity contribution is 6.33. The average Bonchev–Trinajstić information content (AvgIpc) is 2.74. The predicted octanol–water partition coefficient (Wildman–Crippen LogP) is 2.49. The number of nitrogens with zero attached hydrogens (tertiary/aromatic N) is 5. The van der Waals surface area contributed by atoms with Crippen LogP contribution in [0, 0.1) is 0 Å². The predicted molar refractivity (Wildman–Crippen MR) is 64.0 cm³/mol. The van der Waals surface area contributed by atoms with Gasteiger partial charge in [-0.3, -0.25) is 4.98 Å². The van der Waals surface area contributed by atoms with Gasteiger partial charge in [-0.05, 0) is 12.1 Å². The maximum atomic E-state index is 5.98. The molecule has 3 heterocycles. The van der Waals surface area contributed by atoms with Gasteiger partial charge in [0, 0.05) is 24.0 Å². The molecule has 0 atom stereocenters. The zero-order valence-corrected chi connectivity index (χ0v) is 9.89. The molecule has 0 aliphatic carbocycles. The summed E-state index contributed by atoms with van der Waals surface area (Å²) < 4.78 is 1.43. The van der Waals surface area contributed by atoms with Gasteiger partial charge in [0.15, 0.2) is 5.82 Å². The third kappa shape index (κ3) is 1.83. The molecule has 0 saturated heterocycles. The summed E-state index contributed by atoms with van der Waals surface area (Å²) in [7, 11) is 0. The first-order valence-electron chi connectivity index (χ1n) is 4.73. The van der Waals surface area contributed by atoms with Crippen molar-refractivity contribution in [1.82, 2.24) is 24.6 Å². The molecular formula is C10H5Cl2N5. The van der Waals surface area contributed by atoms with E-state index in [0.29, 0.717) is 16.8 Å². The Hall–Kier alpha value is -1.72. The number of hydrogen-bond acceptors (Lipinski definition) is 4. The van der Waals surface area contributed by atoms with Gasteiger partial charge in [-0.1, -0.05) is 23.2 Å². The zero-order valence-electron chi connectivity index (χ0n) is 8.38. The molecule has 5 nitrogen and oxygen atoms in total. The normalized spacial score (nSPS) is 10.9. The molecular weight excluding hydrogens is 261 g/mol. The second-order valence-corrected chi connectivity index (χ2v) is 4.07. The van der Waals surface area contributed by atoms with E-state index in [0.717, 1.165) is 5.56 Å². The molecule has 0 aromatic carbocycles. The van der Waals surface area contributed by atoms with E-state index in [1.807, 2.05) is 12.1 Å². The van der Waals surface area contributed by atoms with Crippen LogP contribution in [0.4, 0.5) is 0 Å². The Kier molecular flexibility index (Phi) is 2.42. The first-order chi connectivity index (χ1) is 8.24. The average molecular weight is 266 g/mol. The molecule has 0 fully saturated rings. The van der Waals surface area contributed by atoms with Crippen LogP contribution >= 0.6 is 23.2 Å². The van der Waals surface area contributed by atoms with Crippen molar-refractivity contribution in [3.63, 3.8) is 0 Å². The lowest BCUT2D eigenvalue weighted by atomic mass is 10.3. The summed E-state index contributed by atoms with van der Waals surface area (Å²) in [5.74, 6) is 0.871. The van der Waals surface area contributed by atoms with Crippen molar-refractivity contribution in [3.05, 3.63) is 40.9 Å². The van der Waals surface area contributed by atoms with E-state index >= 15 is 0 Å². The Morgan fingerprint density at radius 3 is 2.82 bits per heavy atom. The highest BCUT2D eigenvalue weighted by Crippen LogP contribution is 2.19. The smallest absolute Gasteiger partial charge is 0.255 e. The highest BCUT2D eigenvalue weighted by atomic mass is 35.5. The van der Waals surface area contributed by atoms with Crippen molar-refractivity contribution in [2.24, 2.45) is 0 Å². The standard InChI is InChI=1S/C10H5Cl2N5/c11-7-4-8(12)17-10(14-7)15-9(16-17)6-2-1-3-13-5-6/h1-5H. The van der Waals surface area contributed by atoms with Crippen molar-refractivity contribution in [3.8, 4) is 11.4 Å².